The van der Waals surface area contributed by atoms with Crippen molar-refractivity contribution in [3.8, 4) is 11.5 Å². The predicted molar refractivity (Wildman–Crippen MR) is 77.0 cm³/mol. The van der Waals surface area contributed by atoms with Gasteiger partial charge in [-0.1, -0.05) is 6.08 Å². The first kappa shape index (κ1) is 16.0. The van der Waals surface area contributed by atoms with Crippen molar-refractivity contribution in [3.05, 3.63) is 36.4 Å². The van der Waals surface area contributed by atoms with Gasteiger partial charge >= 0.3 is 5.97 Å². The summed E-state index contributed by atoms with van der Waals surface area (Å²) in [6.45, 7) is 3.63. The maximum absolute atomic E-state index is 11.9. The number of ether oxygens (including phenoxy) is 3. The van der Waals surface area contributed by atoms with Crippen LogP contribution >= 0.6 is 0 Å². The van der Waals surface area contributed by atoms with Gasteiger partial charge in [0, 0.05) is 12.5 Å². The molecule has 1 rings (SSSR count). The van der Waals surface area contributed by atoms with E-state index in [1.54, 1.807) is 26.4 Å². The monoisotopic (exact) mass is 279 g/mol. The van der Waals surface area contributed by atoms with Crippen LogP contribution in [0.1, 0.15) is 12.0 Å². The Balaban J connectivity index is 3.10. The smallest absolute Gasteiger partial charge is 0.326 e. The van der Waals surface area contributed by atoms with E-state index < -0.39 is 11.5 Å². The van der Waals surface area contributed by atoms with Gasteiger partial charge in [0.2, 0.25) is 0 Å². The number of esters is 1. The molecule has 5 nitrogen and oxygen atoms in total. The van der Waals surface area contributed by atoms with Crippen LogP contribution in [-0.2, 0) is 16.0 Å². The van der Waals surface area contributed by atoms with Gasteiger partial charge in [-0.3, -0.25) is 4.79 Å². The maximum Gasteiger partial charge on any atom is 0.326 e. The van der Waals surface area contributed by atoms with Crippen LogP contribution in [0.15, 0.2) is 30.9 Å². The summed E-state index contributed by atoms with van der Waals surface area (Å²) in [5.74, 6) is 0.814. The van der Waals surface area contributed by atoms with Crippen LogP contribution in [0, 0.1) is 0 Å². The number of benzene rings is 1. The molecular formula is C15H21NO4. The fraction of sp³-hybridized carbons (Fsp3) is 0.400. The summed E-state index contributed by atoms with van der Waals surface area (Å²) in [4.78, 5) is 11.9. The molecule has 0 aliphatic carbocycles. The summed E-state index contributed by atoms with van der Waals surface area (Å²) < 4.78 is 15.2. The number of carbonyl (C=O) groups excluding carboxylic acids is 1. The van der Waals surface area contributed by atoms with Crippen LogP contribution in [0.2, 0.25) is 0 Å². The number of carbonyl (C=O) groups is 1. The predicted octanol–water partition coefficient (Wildman–Crippen LogP) is 1.69. The molecule has 0 bridgehead atoms. The van der Waals surface area contributed by atoms with Crippen molar-refractivity contribution in [1.82, 2.24) is 0 Å². The Morgan fingerprint density at radius 3 is 2.20 bits per heavy atom. The van der Waals surface area contributed by atoms with Crippen molar-refractivity contribution in [3.63, 3.8) is 0 Å². The lowest BCUT2D eigenvalue weighted by Gasteiger charge is -2.25. The first-order valence-corrected chi connectivity index (χ1v) is 6.19. The van der Waals surface area contributed by atoms with Crippen LogP contribution in [0.4, 0.5) is 0 Å². The van der Waals surface area contributed by atoms with E-state index >= 15 is 0 Å². The average Bonchev–Trinajstić information content (AvgIpc) is 2.45. The van der Waals surface area contributed by atoms with Crippen molar-refractivity contribution in [1.29, 1.82) is 0 Å². The molecule has 0 saturated carbocycles. The SMILES string of the molecule is C=CC[C@](N)(Cc1cc(OC)cc(OC)c1)C(=O)OC. The molecule has 0 aliphatic heterocycles. The topological polar surface area (TPSA) is 70.8 Å². The van der Waals surface area contributed by atoms with Crippen LogP contribution < -0.4 is 15.2 Å². The van der Waals surface area contributed by atoms with Gasteiger partial charge in [-0.25, -0.2) is 0 Å². The standard InChI is InChI=1S/C15H21NO4/c1-5-6-15(16,14(17)20-4)10-11-7-12(18-2)9-13(8-11)19-3/h5,7-9H,1,6,10,16H2,2-4H3/t15-/m0/s1. The van der Waals surface area contributed by atoms with Gasteiger partial charge in [-0.15, -0.1) is 6.58 Å². The Bertz CT molecular complexity index is 465. The summed E-state index contributed by atoms with van der Waals surface area (Å²) in [5, 5.41) is 0. The molecule has 0 unspecified atom stereocenters. The van der Waals surface area contributed by atoms with Crippen LogP contribution in [-0.4, -0.2) is 32.8 Å². The molecule has 1 atom stereocenters. The van der Waals surface area contributed by atoms with Crippen LogP contribution in [0.25, 0.3) is 0 Å². The molecule has 0 spiro atoms. The zero-order valence-corrected chi connectivity index (χ0v) is 12.1. The van der Waals surface area contributed by atoms with E-state index in [-0.39, 0.29) is 0 Å². The Hall–Kier alpha value is -2.01. The zero-order chi connectivity index (χ0) is 15.2. The van der Waals surface area contributed by atoms with Crippen molar-refractivity contribution in [2.45, 2.75) is 18.4 Å². The van der Waals surface area contributed by atoms with Crippen LogP contribution in [0.5, 0.6) is 11.5 Å². The molecule has 0 heterocycles. The highest BCUT2D eigenvalue weighted by Gasteiger charge is 2.34. The molecule has 0 saturated heterocycles. The van der Waals surface area contributed by atoms with E-state index in [2.05, 4.69) is 6.58 Å². The Labute approximate surface area is 119 Å². The van der Waals surface area contributed by atoms with Crippen molar-refractivity contribution < 1.29 is 19.0 Å². The van der Waals surface area contributed by atoms with Crippen LogP contribution in [0.3, 0.4) is 0 Å². The average molecular weight is 279 g/mol. The minimum absolute atomic E-state index is 0.305. The number of hydrogen-bond acceptors (Lipinski definition) is 5. The first-order chi connectivity index (χ1) is 9.48. The van der Waals surface area contributed by atoms with Gasteiger partial charge in [0.05, 0.1) is 21.3 Å². The summed E-state index contributed by atoms with van der Waals surface area (Å²) in [7, 11) is 4.45. The number of methoxy groups -OCH3 is 3. The fourth-order valence-corrected chi connectivity index (χ4v) is 2.02. The minimum atomic E-state index is -1.14. The number of rotatable bonds is 7. The maximum atomic E-state index is 11.9. The first-order valence-electron chi connectivity index (χ1n) is 6.19. The molecule has 0 fully saturated rings. The molecule has 0 aliphatic rings. The normalized spacial score (nSPS) is 13.2. The summed E-state index contributed by atoms with van der Waals surface area (Å²) in [6.07, 6.45) is 2.23. The molecular weight excluding hydrogens is 258 g/mol. The molecule has 2 N–H and O–H groups in total. The second-order valence-electron chi connectivity index (χ2n) is 4.54. The van der Waals surface area contributed by atoms with Gasteiger partial charge in [0.15, 0.2) is 0 Å². The highest BCUT2D eigenvalue weighted by atomic mass is 16.5. The molecule has 20 heavy (non-hydrogen) atoms. The lowest BCUT2D eigenvalue weighted by molar-refractivity contribution is -0.146. The van der Waals surface area contributed by atoms with E-state index in [0.717, 1.165) is 5.56 Å². The van der Waals surface area contributed by atoms with Gasteiger partial charge < -0.3 is 19.9 Å². The van der Waals surface area contributed by atoms with E-state index in [9.17, 15) is 4.79 Å². The Morgan fingerprint density at radius 2 is 1.80 bits per heavy atom. The Morgan fingerprint density at radius 1 is 1.25 bits per heavy atom. The molecule has 1 aromatic carbocycles. The summed E-state index contributed by atoms with van der Waals surface area (Å²) in [5.41, 5.74) is 5.83. The Kier molecular flexibility index (Phi) is 5.58. The second kappa shape index (κ2) is 6.96. The van der Waals surface area contributed by atoms with Gasteiger partial charge in [-0.05, 0) is 24.1 Å². The lowest BCUT2D eigenvalue weighted by Crippen LogP contribution is -2.50. The fourth-order valence-electron chi connectivity index (χ4n) is 2.02. The number of nitrogens with two attached hydrogens (primary N) is 1. The van der Waals surface area contributed by atoms with Gasteiger partial charge in [-0.2, -0.15) is 0 Å². The minimum Gasteiger partial charge on any atom is -0.497 e. The zero-order valence-electron chi connectivity index (χ0n) is 12.1. The third-order valence-corrected chi connectivity index (χ3v) is 3.03. The molecule has 5 heteroatoms. The van der Waals surface area contributed by atoms with E-state index in [0.29, 0.717) is 24.3 Å². The van der Waals surface area contributed by atoms with Crippen molar-refractivity contribution >= 4 is 5.97 Å². The van der Waals surface area contributed by atoms with Gasteiger partial charge in [0.25, 0.3) is 0 Å². The quantitative estimate of drug-likeness (QED) is 0.607. The highest BCUT2D eigenvalue weighted by Crippen LogP contribution is 2.26. The highest BCUT2D eigenvalue weighted by molar-refractivity contribution is 5.81. The van der Waals surface area contributed by atoms with Gasteiger partial charge in [0.1, 0.15) is 17.0 Å². The van der Waals surface area contributed by atoms with E-state index in [4.69, 9.17) is 19.9 Å². The second-order valence-corrected chi connectivity index (χ2v) is 4.54. The largest absolute Gasteiger partial charge is 0.497 e. The molecule has 110 valence electrons. The third-order valence-electron chi connectivity index (χ3n) is 3.03. The third kappa shape index (κ3) is 3.74. The molecule has 0 radical (unpaired) electrons. The molecule has 1 aromatic rings. The lowest BCUT2D eigenvalue weighted by atomic mass is 9.88. The van der Waals surface area contributed by atoms with E-state index in [1.807, 2.05) is 12.1 Å². The summed E-state index contributed by atoms with van der Waals surface area (Å²) in [6, 6.07) is 5.39. The van der Waals surface area contributed by atoms with Crippen molar-refractivity contribution in [2.75, 3.05) is 21.3 Å². The number of hydrogen-bond donors (Lipinski definition) is 1. The van der Waals surface area contributed by atoms with Crippen molar-refractivity contribution in [2.24, 2.45) is 5.73 Å². The molecule has 0 aromatic heterocycles. The molecule has 0 amide bonds. The van der Waals surface area contributed by atoms with E-state index in [1.165, 1.54) is 7.11 Å². The summed E-state index contributed by atoms with van der Waals surface area (Å²) >= 11 is 0.